The zero-order valence-corrected chi connectivity index (χ0v) is 11.1. The number of fused-ring (bicyclic) bond motifs is 1. The summed E-state index contributed by atoms with van der Waals surface area (Å²) in [4.78, 5) is 0. The minimum Gasteiger partial charge on any atom is -0.385 e. The van der Waals surface area contributed by atoms with Gasteiger partial charge in [-0.1, -0.05) is 35.9 Å². The van der Waals surface area contributed by atoms with E-state index in [1.165, 1.54) is 46.3 Å². The summed E-state index contributed by atoms with van der Waals surface area (Å²) in [5.74, 6) is 0. The summed E-state index contributed by atoms with van der Waals surface area (Å²) >= 11 is 0. The van der Waals surface area contributed by atoms with Crippen LogP contribution in [0.4, 0.5) is 5.69 Å². The van der Waals surface area contributed by atoms with Crippen molar-refractivity contribution in [2.45, 2.75) is 26.7 Å². The molecule has 0 amide bonds. The third-order valence-corrected chi connectivity index (χ3v) is 3.77. The predicted octanol–water partition coefficient (Wildman–Crippen LogP) is 4.33. The van der Waals surface area contributed by atoms with Crippen LogP contribution in [0, 0.1) is 13.8 Å². The molecule has 2 aromatic carbocycles. The van der Waals surface area contributed by atoms with Crippen LogP contribution in [0.15, 0.2) is 36.4 Å². The maximum Gasteiger partial charge on any atom is 0.0378 e. The monoisotopic (exact) mass is 237 g/mol. The Morgan fingerprint density at radius 3 is 2.72 bits per heavy atom. The summed E-state index contributed by atoms with van der Waals surface area (Å²) < 4.78 is 0. The van der Waals surface area contributed by atoms with Gasteiger partial charge in [0.15, 0.2) is 0 Å². The molecule has 92 valence electrons. The summed E-state index contributed by atoms with van der Waals surface area (Å²) in [6.07, 6.45) is 2.42. The first-order valence-corrected chi connectivity index (χ1v) is 6.69. The van der Waals surface area contributed by atoms with Crippen LogP contribution in [0.2, 0.25) is 0 Å². The Labute approximate surface area is 109 Å². The van der Waals surface area contributed by atoms with E-state index >= 15 is 0 Å². The fourth-order valence-electron chi connectivity index (χ4n) is 2.88. The van der Waals surface area contributed by atoms with Gasteiger partial charge in [-0.3, -0.25) is 0 Å². The fourth-order valence-corrected chi connectivity index (χ4v) is 2.88. The molecule has 1 N–H and O–H groups in total. The number of hydrogen-bond acceptors (Lipinski definition) is 1. The SMILES string of the molecule is Cc1ccc(-c2cccc3c2CCCN3)c(C)c1. The van der Waals surface area contributed by atoms with Gasteiger partial charge in [0.2, 0.25) is 0 Å². The van der Waals surface area contributed by atoms with E-state index in [1.807, 2.05) is 0 Å². The molecule has 0 radical (unpaired) electrons. The molecule has 0 unspecified atom stereocenters. The summed E-state index contributed by atoms with van der Waals surface area (Å²) in [6, 6.07) is 13.3. The molecule has 3 rings (SSSR count). The molecule has 0 saturated heterocycles. The van der Waals surface area contributed by atoms with E-state index in [2.05, 4.69) is 55.6 Å². The Morgan fingerprint density at radius 1 is 1.00 bits per heavy atom. The van der Waals surface area contributed by atoms with Gasteiger partial charge in [-0.25, -0.2) is 0 Å². The highest BCUT2D eigenvalue weighted by Gasteiger charge is 2.14. The highest BCUT2D eigenvalue weighted by Crippen LogP contribution is 2.34. The Bertz CT molecular complexity index is 584. The average Bonchev–Trinajstić information content (AvgIpc) is 2.38. The van der Waals surface area contributed by atoms with Gasteiger partial charge in [0.1, 0.15) is 0 Å². The second-order valence-electron chi connectivity index (χ2n) is 5.18. The molecule has 18 heavy (non-hydrogen) atoms. The van der Waals surface area contributed by atoms with E-state index < -0.39 is 0 Å². The van der Waals surface area contributed by atoms with Gasteiger partial charge >= 0.3 is 0 Å². The van der Waals surface area contributed by atoms with Crippen LogP contribution in [-0.4, -0.2) is 6.54 Å². The standard InChI is InChI=1S/C17H19N/c1-12-8-9-14(13(2)11-12)15-5-3-7-17-16(15)6-4-10-18-17/h3,5,7-9,11,18H,4,6,10H2,1-2H3. The number of aryl methyl sites for hydroxylation is 2. The minimum atomic E-state index is 1.10. The summed E-state index contributed by atoms with van der Waals surface area (Å²) in [5, 5.41) is 3.50. The molecule has 1 nitrogen and oxygen atoms in total. The molecule has 1 heteroatoms. The zero-order valence-electron chi connectivity index (χ0n) is 11.1. The van der Waals surface area contributed by atoms with Crippen molar-refractivity contribution < 1.29 is 0 Å². The van der Waals surface area contributed by atoms with Crippen molar-refractivity contribution in [3.63, 3.8) is 0 Å². The second kappa shape index (κ2) is 4.49. The summed E-state index contributed by atoms with van der Waals surface area (Å²) in [6.45, 7) is 5.46. The number of rotatable bonds is 1. The van der Waals surface area contributed by atoms with E-state index in [1.54, 1.807) is 0 Å². The normalized spacial score (nSPS) is 13.9. The zero-order chi connectivity index (χ0) is 12.5. The van der Waals surface area contributed by atoms with Crippen LogP contribution in [0.3, 0.4) is 0 Å². The van der Waals surface area contributed by atoms with E-state index in [4.69, 9.17) is 0 Å². The van der Waals surface area contributed by atoms with Crippen molar-refractivity contribution in [1.29, 1.82) is 0 Å². The van der Waals surface area contributed by atoms with Gasteiger partial charge in [-0.15, -0.1) is 0 Å². The third kappa shape index (κ3) is 1.90. The first kappa shape index (κ1) is 11.3. The highest BCUT2D eigenvalue weighted by atomic mass is 14.9. The van der Waals surface area contributed by atoms with Gasteiger partial charge in [-0.05, 0) is 55.0 Å². The topological polar surface area (TPSA) is 12.0 Å². The number of hydrogen-bond donors (Lipinski definition) is 1. The fraction of sp³-hybridized carbons (Fsp3) is 0.294. The van der Waals surface area contributed by atoms with Crippen molar-refractivity contribution in [3.8, 4) is 11.1 Å². The minimum absolute atomic E-state index is 1.10. The number of nitrogens with one attached hydrogen (secondary N) is 1. The average molecular weight is 237 g/mol. The first-order valence-electron chi connectivity index (χ1n) is 6.69. The highest BCUT2D eigenvalue weighted by molar-refractivity contribution is 5.76. The molecule has 0 saturated carbocycles. The van der Waals surface area contributed by atoms with E-state index in [0.29, 0.717) is 0 Å². The van der Waals surface area contributed by atoms with Crippen LogP contribution in [0.25, 0.3) is 11.1 Å². The maximum absolute atomic E-state index is 3.50. The molecule has 0 aliphatic carbocycles. The van der Waals surface area contributed by atoms with E-state index in [9.17, 15) is 0 Å². The van der Waals surface area contributed by atoms with Crippen LogP contribution in [0.1, 0.15) is 23.1 Å². The Balaban J connectivity index is 2.17. The van der Waals surface area contributed by atoms with Gasteiger partial charge in [-0.2, -0.15) is 0 Å². The lowest BCUT2D eigenvalue weighted by Crippen LogP contribution is -2.12. The molecule has 0 bridgehead atoms. The van der Waals surface area contributed by atoms with E-state index in [-0.39, 0.29) is 0 Å². The predicted molar refractivity (Wildman–Crippen MR) is 78.2 cm³/mol. The Hall–Kier alpha value is -1.76. The van der Waals surface area contributed by atoms with Crippen molar-refractivity contribution in [1.82, 2.24) is 0 Å². The molecule has 0 fully saturated rings. The van der Waals surface area contributed by atoms with Gasteiger partial charge in [0, 0.05) is 12.2 Å². The largest absolute Gasteiger partial charge is 0.385 e. The Kier molecular flexibility index (Phi) is 2.83. The van der Waals surface area contributed by atoms with Crippen LogP contribution >= 0.6 is 0 Å². The van der Waals surface area contributed by atoms with Gasteiger partial charge in [0.25, 0.3) is 0 Å². The van der Waals surface area contributed by atoms with E-state index in [0.717, 1.165) is 6.54 Å². The van der Waals surface area contributed by atoms with Crippen molar-refractivity contribution in [2.24, 2.45) is 0 Å². The lowest BCUT2D eigenvalue weighted by atomic mass is 9.90. The van der Waals surface area contributed by atoms with Crippen molar-refractivity contribution >= 4 is 5.69 Å². The van der Waals surface area contributed by atoms with Crippen molar-refractivity contribution in [2.75, 3.05) is 11.9 Å². The van der Waals surface area contributed by atoms with Crippen LogP contribution < -0.4 is 5.32 Å². The lowest BCUT2D eigenvalue weighted by Gasteiger charge is -2.22. The molecule has 0 aromatic heterocycles. The number of benzene rings is 2. The molecule has 1 aliphatic rings. The smallest absolute Gasteiger partial charge is 0.0378 e. The quantitative estimate of drug-likeness (QED) is 0.778. The van der Waals surface area contributed by atoms with Crippen LogP contribution in [-0.2, 0) is 6.42 Å². The third-order valence-electron chi connectivity index (χ3n) is 3.77. The molecule has 0 spiro atoms. The van der Waals surface area contributed by atoms with Gasteiger partial charge < -0.3 is 5.32 Å². The second-order valence-corrected chi connectivity index (χ2v) is 5.18. The molecular weight excluding hydrogens is 218 g/mol. The van der Waals surface area contributed by atoms with Crippen molar-refractivity contribution in [3.05, 3.63) is 53.1 Å². The summed E-state index contributed by atoms with van der Waals surface area (Å²) in [5.41, 5.74) is 8.28. The Morgan fingerprint density at radius 2 is 1.89 bits per heavy atom. The molecule has 1 aliphatic heterocycles. The first-order chi connectivity index (χ1) is 8.75. The molecular formula is C17H19N. The summed E-state index contributed by atoms with van der Waals surface area (Å²) in [7, 11) is 0. The molecule has 0 atom stereocenters. The number of anilines is 1. The molecule has 2 aromatic rings. The van der Waals surface area contributed by atoms with Crippen LogP contribution in [0.5, 0.6) is 0 Å². The van der Waals surface area contributed by atoms with Gasteiger partial charge in [0.05, 0.1) is 0 Å². The maximum atomic E-state index is 3.50. The lowest BCUT2D eigenvalue weighted by molar-refractivity contribution is 0.832. The molecule has 1 heterocycles.